The fourth-order valence-corrected chi connectivity index (χ4v) is 2.60. The van der Waals surface area contributed by atoms with Crippen LogP contribution in [0.1, 0.15) is 31.4 Å². The summed E-state index contributed by atoms with van der Waals surface area (Å²) in [6.07, 6.45) is 4.31. The second-order valence-corrected chi connectivity index (χ2v) is 5.78. The summed E-state index contributed by atoms with van der Waals surface area (Å²) in [6, 6.07) is 5.98. The lowest BCUT2D eigenvalue weighted by Crippen LogP contribution is -2.23. The molecule has 1 nitrogen and oxygen atoms in total. The van der Waals surface area contributed by atoms with Crippen molar-refractivity contribution in [2.24, 2.45) is 0 Å². The lowest BCUT2D eigenvalue weighted by molar-refractivity contribution is 0.522. The van der Waals surface area contributed by atoms with Gasteiger partial charge in [0, 0.05) is 16.1 Å². The van der Waals surface area contributed by atoms with Gasteiger partial charge in [-0.25, -0.2) is 0 Å². The largest absolute Gasteiger partial charge is 0.310 e. The number of halogens is 2. The van der Waals surface area contributed by atoms with Crippen LogP contribution in [0.15, 0.2) is 18.2 Å². The zero-order chi connectivity index (χ0) is 12.7. The SMILES string of the molecule is CCCNC(CCSC)c1cc(Cl)ccc1Cl. The number of rotatable bonds is 7. The van der Waals surface area contributed by atoms with Crippen LogP contribution in [-0.4, -0.2) is 18.6 Å². The maximum Gasteiger partial charge on any atom is 0.0454 e. The van der Waals surface area contributed by atoms with Gasteiger partial charge in [-0.05, 0) is 55.2 Å². The summed E-state index contributed by atoms with van der Waals surface area (Å²) in [6.45, 7) is 3.17. The van der Waals surface area contributed by atoms with Gasteiger partial charge in [0.1, 0.15) is 0 Å². The number of hydrogen-bond acceptors (Lipinski definition) is 2. The van der Waals surface area contributed by atoms with Gasteiger partial charge in [0.25, 0.3) is 0 Å². The molecule has 1 N–H and O–H groups in total. The Morgan fingerprint density at radius 1 is 1.35 bits per heavy atom. The number of nitrogens with one attached hydrogen (secondary N) is 1. The number of thioether (sulfide) groups is 1. The summed E-state index contributed by atoms with van der Waals surface area (Å²) in [5, 5.41) is 5.07. The monoisotopic (exact) mass is 291 g/mol. The molecule has 0 heterocycles. The molecule has 4 heteroatoms. The van der Waals surface area contributed by atoms with E-state index in [9.17, 15) is 0 Å². The first kappa shape index (κ1) is 15.2. The van der Waals surface area contributed by atoms with Gasteiger partial charge >= 0.3 is 0 Å². The maximum atomic E-state index is 6.24. The zero-order valence-corrected chi connectivity index (χ0v) is 12.6. The minimum Gasteiger partial charge on any atom is -0.310 e. The highest BCUT2D eigenvalue weighted by Crippen LogP contribution is 2.28. The van der Waals surface area contributed by atoms with Gasteiger partial charge in [-0.2, -0.15) is 11.8 Å². The van der Waals surface area contributed by atoms with Crippen molar-refractivity contribution in [2.45, 2.75) is 25.8 Å². The van der Waals surface area contributed by atoms with Gasteiger partial charge in [-0.15, -0.1) is 0 Å². The van der Waals surface area contributed by atoms with Gasteiger partial charge in [0.2, 0.25) is 0 Å². The minimum absolute atomic E-state index is 0.300. The van der Waals surface area contributed by atoms with Crippen molar-refractivity contribution < 1.29 is 0 Å². The quantitative estimate of drug-likeness (QED) is 0.775. The molecule has 0 radical (unpaired) electrons. The summed E-state index contributed by atoms with van der Waals surface area (Å²) in [5.74, 6) is 1.12. The third kappa shape index (κ3) is 5.09. The lowest BCUT2D eigenvalue weighted by Gasteiger charge is -2.20. The van der Waals surface area contributed by atoms with Crippen LogP contribution in [0.4, 0.5) is 0 Å². The molecule has 1 rings (SSSR count). The molecule has 0 spiro atoms. The molecular weight excluding hydrogens is 273 g/mol. The molecule has 0 aliphatic rings. The van der Waals surface area contributed by atoms with E-state index in [-0.39, 0.29) is 0 Å². The maximum absolute atomic E-state index is 6.24. The summed E-state index contributed by atoms with van der Waals surface area (Å²) in [7, 11) is 0. The van der Waals surface area contributed by atoms with Crippen molar-refractivity contribution in [1.29, 1.82) is 0 Å². The Morgan fingerprint density at radius 3 is 2.76 bits per heavy atom. The molecule has 96 valence electrons. The van der Waals surface area contributed by atoms with Crippen LogP contribution in [0.5, 0.6) is 0 Å². The summed E-state index contributed by atoms with van der Waals surface area (Å²) in [4.78, 5) is 0. The molecule has 1 atom stereocenters. The molecule has 1 aromatic carbocycles. The van der Waals surface area contributed by atoms with E-state index in [1.807, 2.05) is 30.0 Å². The smallest absolute Gasteiger partial charge is 0.0454 e. The molecule has 0 saturated carbocycles. The van der Waals surface area contributed by atoms with Gasteiger partial charge in [0.15, 0.2) is 0 Å². The summed E-state index contributed by atoms with van der Waals surface area (Å²) in [5.41, 5.74) is 1.11. The van der Waals surface area contributed by atoms with Crippen LogP contribution in [0.25, 0.3) is 0 Å². The van der Waals surface area contributed by atoms with Crippen molar-refractivity contribution in [3.8, 4) is 0 Å². The Morgan fingerprint density at radius 2 is 2.12 bits per heavy atom. The van der Waals surface area contributed by atoms with E-state index >= 15 is 0 Å². The van der Waals surface area contributed by atoms with E-state index in [4.69, 9.17) is 23.2 Å². The van der Waals surface area contributed by atoms with E-state index in [0.717, 1.165) is 40.7 Å². The Hall–Kier alpha value is 0.110. The molecule has 0 amide bonds. The Labute approximate surface area is 118 Å². The molecule has 0 fully saturated rings. The van der Waals surface area contributed by atoms with Gasteiger partial charge in [0.05, 0.1) is 0 Å². The standard InChI is InChI=1S/C13H19Cl2NS/c1-3-7-16-13(6-8-17-2)11-9-10(14)4-5-12(11)15/h4-5,9,13,16H,3,6-8H2,1-2H3. The van der Waals surface area contributed by atoms with Crippen LogP contribution in [0.3, 0.4) is 0 Å². The molecule has 0 aliphatic carbocycles. The third-order valence-corrected chi connectivity index (χ3v) is 3.81. The average molecular weight is 292 g/mol. The van der Waals surface area contributed by atoms with Crippen LogP contribution >= 0.6 is 35.0 Å². The summed E-state index contributed by atoms with van der Waals surface area (Å²) < 4.78 is 0. The number of hydrogen-bond donors (Lipinski definition) is 1. The first-order valence-corrected chi connectivity index (χ1v) is 8.01. The van der Waals surface area contributed by atoms with E-state index < -0.39 is 0 Å². The highest BCUT2D eigenvalue weighted by Gasteiger charge is 2.14. The Balaban J connectivity index is 2.82. The predicted octanol–water partition coefficient (Wildman–Crippen LogP) is 4.79. The lowest BCUT2D eigenvalue weighted by atomic mass is 10.0. The predicted molar refractivity (Wildman–Crippen MR) is 80.5 cm³/mol. The van der Waals surface area contributed by atoms with E-state index in [0.29, 0.717) is 6.04 Å². The second-order valence-electron chi connectivity index (χ2n) is 3.95. The number of benzene rings is 1. The topological polar surface area (TPSA) is 12.0 Å². The van der Waals surface area contributed by atoms with Crippen LogP contribution in [0, 0.1) is 0 Å². The van der Waals surface area contributed by atoms with Crippen molar-refractivity contribution in [1.82, 2.24) is 5.32 Å². The van der Waals surface area contributed by atoms with Crippen molar-refractivity contribution in [3.63, 3.8) is 0 Å². The fourth-order valence-electron chi connectivity index (χ4n) is 1.70. The highest BCUT2D eigenvalue weighted by molar-refractivity contribution is 7.98. The summed E-state index contributed by atoms with van der Waals surface area (Å²) >= 11 is 14.1. The Bertz CT molecular complexity index is 336. The van der Waals surface area contributed by atoms with Crippen LogP contribution in [0.2, 0.25) is 10.0 Å². The van der Waals surface area contributed by atoms with Crippen molar-refractivity contribution in [2.75, 3.05) is 18.6 Å². The van der Waals surface area contributed by atoms with E-state index in [1.165, 1.54) is 0 Å². The van der Waals surface area contributed by atoms with Crippen LogP contribution < -0.4 is 5.32 Å². The molecular formula is C13H19Cl2NS. The molecule has 0 aliphatic heterocycles. The molecule has 1 aromatic rings. The van der Waals surface area contributed by atoms with Gasteiger partial charge < -0.3 is 5.32 Å². The normalized spacial score (nSPS) is 12.7. The molecule has 17 heavy (non-hydrogen) atoms. The van der Waals surface area contributed by atoms with E-state index in [1.54, 1.807) is 0 Å². The van der Waals surface area contributed by atoms with E-state index in [2.05, 4.69) is 18.5 Å². The van der Waals surface area contributed by atoms with Gasteiger partial charge in [-0.3, -0.25) is 0 Å². The minimum atomic E-state index is 0.300. The fraction of sp³-hybridized carbons (Fsp3) is 0.538. The van der Waals surface area contributed by atoms with Gasteiger partial charge in [-0.1, -0.05) is 30.1 Å². The molecule has 0 saturated heterocycles. The Kier molecular flexibility index (Phi) is 7.36. The third-order valence-electron chi connectivity index (χ3n) is 2.58. The first-order valence-electron chi connectivity index (χ1n) is 5.86. The highest BCUT2D eigenvalue weighted by atomic mass is 35.5. The van der Waals surface area contributed by atoms with Crippen molar-refractivity contribution in [3.05, 3.63) is 33.8 Å². The zero-order valence-electron chi connectivity index (χ0n) is 10.3. The molecule has 1 unspecified atom stereocenters. The average Bonchev–Trinajstić information content (AvgIpc) is 2.33. The van der Waals surface area contributed by atoms with Crippen molar-refractivity contribution >= 4 is 35.0 Å². The first-order chi connectivity index (χ1) is 8.19. The second kappa shape index (κ2) is 8.25. The molecule has 0 aromatic heterocycles. The molecule has 0 bridgehead atoms. The van der Waals surface area contributed by atoms with Crippen LogP contribution in [-0.2, 0) is 0 Å².